The number of nitrogens with zero attached hydrogens (tertiary/aromatic N) is 2. The molecule has 0 aliphatic rings. The maximum atomic E-state index is 4.45. The summed E-state index contributed by atoms with van der Waals surface area (Å²) < 4.78 is 1.85. The van der Waals surface area contributed by atoms with Gasteiger partial charge in [0.2, 0.25) is 0 Å². The molecule has 0 radical (unpaired) electrons. The molecule has 4 heteroatoms. The van der Waals surface area contributed by atoms with E-state index in [1.165, 1.54) is 9.75 Å². The lowest BCUT2D eigenvalue weighted by atomic mass is 10.0. The van der Waals surface area contributed by atoms with E-state index in [0.29, 0.717) is 12.0 Å². The normalized spacial score (nSPS) is 13.2. The van der Waals surface area contributed by atoms with Crippen LogP contribution in [0.25, 0.3) is 10.6 Å². The van der Waals surface area contributed by atoms with Crippen LogP contribution in [0.5, 0.6) is 0 Å². The van der Waals surface area contributed by atoms with Crippen LogP contribution < -0.4 is 5.32 Å². The largest absolute Gasteiger partial charge is 0.309 e. The minimum atomic E-state index is 0.442. The van der Waals surface area contributed by atoms with Crippen molar-refractivity contribution in [3.8, 4) is 10.6 Å². The Labute approximate surface area is 113 Å². The Morgan fingerprint density at radius 2 is 2.11 bits per heavy atom. The van der Waals surface area contributed by atoms with E-state index in [9.17, 15) is 0 Å². The Morgan fingerprint density at radius 3 is 2.67 bits per heavy atom. The minimum absolute atomic E-state index is 0.442. The molecule has 0 saturated carbocycles. The molecule has 2 aromatic rings. The van der Waals surface area contributed by atoms with Crippen LogP contribution in [0.2, 0.25) is 0 Å². The fourth-order valence-corrected chi connectivity index (χ4v) is 3.31. The average Bonchev–Trinajstić information content (AvgIpc) is 2.93. The number of hydrogen-bond donors (Lipinski definition) is 1. The lowest BCUT2D eigenvalue weighted by molar-refractivity contribution is 0.428. The summed E-state index contributed by atoms with van der Waals surface area (Å²) in [5, 5.41) is 8.00. The van der Waals surface area contributed by atoms with E-state index in [0.717, 1.165) is 12.2 Å². The minimum Gasteiger partial charge on any atom is -0.309 e. The van der Waals surface area contributed by atoms with Gasteiger partial charge in [-0.3, -0.25) is 4.68 Å². The van der Waals surface area contributed by atoms with Crippen molar-refractivity contribution >= 4 is 11.3 Å². The summed E-state index contributed by atoms with van der Waals surface area (Å²) in [5.74, 6) is 0.597. The molecule has 2 rings (SSSR count). The first-order valence-corrected chi connectivity index (χ1v) is 7.26. The van der Waals surface area contributed by atoms with Crippen molar-refractivity contribution in [1.29, 1.82) is 0 Å². The first-order valence-electron chi connectivity index (χ1n) is 6.45. The standard InChI is InChI=1S/C14H21N3S/c1-5-15-14(10(2)3)13-7-6-12(18-13)11-8-9-17(4)16-11/h6-10,14-15H,5H2,1-4H3. The lowest BCUT2D eigenvalue weighted by Crippen LogP contribution is -2.24. The van der Waals surface area contributed by atoms with Gasteiger partial charge in [0.25, 0.3) is 0 Å². The molecular formula is C14H21N3S. The Hall–Kier alpha value is -1.13. The van der Waals surface area contributed by atoms with Crippen LogP contribution >= 0.6 is 11.3 Å². The summed E-state index contributed by atoms with van der Waals surface area (Å²) in [6, 6.07) is 6.90. The number of nitrogens with one attached hydrogen (secondary N) is 1. The molecule has 0 amide bonds. The van der Waals surface area contributed by atoms with E-state index in [1.807, 2.05) is 29.3 Å². The van der Waals surface area contributed by atoms with Crippen molar-refractivity contribution in [1.82, 2.24) is 15.1 Å². The highest BCUT2D eigenvalue weighted by atomic mass is 32.1. The van der Waals surface area contributed by atoms with Gasteiger partial charge in [0.15, 0.2) is 0 Å². The molecule has 2 aromatic heterocycles. The molecule has 1 N–H and O–H groups in total. The number of hydrogen-bond acceptors (Lipinski definition) is 3. The van der Waals surface area contributed by atoms with Crippen LogP contribution in [0.4, 0.5) is 0 Å². The molecule has 0 saturated heterocycles. The van der Waals surface area contributed by atoms with Gasteiger partial charge >= 0.3 is 0 Å². The Bertz CT molecular complexity index is 499. The van der Waals surface area contributed by atoms with Crippen molar-refractivity contribution in [3.05, 3.63) is 29.3 Å². The lowest BCUT2D eigenvalue weighted by Gasteiger charge is -2.20. The van der Waals surface area contributed by atoms with Gasteiger partial charge in [-0.05, 0) is 30.7 Å². The average molecular weight is 263 g/mol. The molecule has 0 aliphatic heterocycles. The summed E-state index contributed by atoms with van der Waals surface area (Å²) in [4.78, 5) is 2.64. The first-order chi connectivity index (χ1) is 8.61. The predicted octanol–water partition coefficient (Wildman–Crippen LogP) is 3.46. The van der Waals surface area contributed by atoms with Gasteiger partial charge in [0.1, 0.15) is 5.69 Å². The van der Waals surface area contributed by atoms with Crippen LogP contribution in [0.15, 0.2) is 24.4 Å². The smallest absolute Gasteiger partial charge is 0.102 e. The number of aryl methyl sites for hydroxylation is 1. The highest BCUT2D eigenvalue weighted by Gasteiger charge is 2.17. The molecule has 0 fully saturated rings. The summed E-state index contributed by atoms with van der Waals surface area (Å²) in [7, 11) is 1.95. The van der Waals surface area contributed by atoms with Crippen LogP contribution in [0.1, 0.15) is 31.7 Å². The first kappa shape index (κ1) is 13.3. The molecule has 0 bridgehead atoms. The summed E-state index contributed by atoms with van der Waals surface area (Å²) in [6.07, 6.45) is 1.99. The monoisotopic (exact) mass is 263 g/mol. The van der Waals surface area contributed by atoms with Gasteiger partial charge in [0.05, 0.1) is 4.88 Å². The summed E-state index contributed by atoms with van der Waals surface area (Å²) >= 11 is 1.84. The highest BCUT2D eigenvalue weighted by molar-refractivity contribution is 7.15. The van der Waals surface area contributed by atoms with Gasteiger partial charge in [-0.1, -0.05) is 20.8 Å². The molecule has 3 nitrogen and oxygen atoms in total. The molecular weight excluding hydrogens is 242 g/mol. The fourth-order valence-electron chi connectivity index (χ4n) is 2.09. The zero-order chi connectivity index (χ0) is 13.1. The Morgan fingerprint density at radius 1 is 1.33 bits per heavy atom. The van der Waals surface area contributed by atoms with Crippen molar-refractivity contribution in [3.63, 3.8) is 0 Å². The van der Waals surface area contributed by atoms with E-state index >= 15 is 0 Å². The van der Waals surface area contributed by atoms with Gasteiger partial charge in [-0.15, -0.1) is 11.3 Å². The van der Waals surface area contributed by atoms with Gasteiger partial charge < -0.3 is 5.32 Å². The van der Waals surface area contributed by atoms with Crippen LogP contribution in [0, 0.1) is 5.92 Å². The molecule has 0 aromatic carbocycles. The predicted molar refractivity (Wildman–Crippen MR) is 77.8 cm³/mol. The van der Waals surface area contributed by atoms with Crippen LogP contribution in [-0.4, -0.2) is 16.3 Å². The molecule has 2 heterocycles. The van der Waals surface area contributed by atoms with Gasteiger partial charge in [0, 0.05) is 24.2 Å². The second kappa shape index (κ2) is 5.67. The van der Waals surface area contributed by atoms with Crippen molar-refractivity contribution in [2.75, 3.05) is 6.54 Å². The van der Waals surface area contributed by atoms with Crippen LogP contribution in [-0.2, 0) is 7.05 Å². The topological polar surface area (TPSA) is 29.9 Å². The SMILES string of the molecule is CCNC(c1ccc(-c2ccn(C)n2)s1)C(C)C. The molecule has 0 spiro atoms. The number of thiophene rings is 1. The Balaban J connectivity index is 2.23. The maximum absolute atomic E-state index is 4.45. The quantitative estimate of drug-likeness (QED) is 0.895. The van der Waals surface area contributed by atoms with E-state index in [4.69, 9.17) is 0 Å². The second-order valence-corrected chi connectivity index (χ2v) is 5.97. The van der Waals surface area contributed by atoms with Crippen LogP contribution in [0.3, 0.4) is 0 Å². The maximum Gasteiger partial charge on any atom is 0.102 e. The summed E-state index contributed by atoms with van der Waals surface area (Å²) in [5.41, 5.74) is 1.06. The van der Waals surface area contributed by atoms with Crippen molar-refractivity contribution in [2.24, 2.45) is 13.0 Å². The third-order valence-electron chi connectivity index (χ3n) is 2.99. The molecule has 0 aliphatic carbocycles. The summed E-state index contributed by atoms with van der Waals surface area (Å²) in [6.45, 7) is 7.67. The third kappa shape index (κ3) is 2.82. The van der Waals surface area contributed by atoms with E-state index in [2.05, 4.69) is 49.4 Å². The zero-order valence-electron chi connectivity index (χ0n) is 11.5. The molecule has 18 heavy (non-hydrogen) atoms. The van der Waals surface area contributed by atoms with E-state index in [1.54, 1.807) is 0 Å². The van der Waals surface area contributed by atoms with Gasteiger partial charge in [-0.2, -0.15) is 5.10 Å². The van der Waals surface area contributed by atoms with E-state index < -0.39 is 0 Å². The third-order valence-corrected chi connectivity index (χ3v) is 4.18. The van der Waals surface area contributed by atoms with Gasteiger partial charge in [-0.25, -0.2) is 0 Å². The molecule has 1 atom stereocenters. The fraction of sp³-hybridized carbons (Fsp3) is 0.500. The van der Waals surface area contributed by atoms with Crippen molar-refractivity contribution < 1.29 is 0 Å². The number of rotatable bonds is 5. The second-order valence-electron chi connectivity index (χ2n) is 4.86. The van der Waals surface area contributed by atoms with Crippen molar-refractivity contribution in [2.45, 2.75) is 26.8 Å². The van der Waals surface area contributed by atoms with E-state index in [-0.39, 0.29) is 0 Å². The zero-order valence-corrected chi connectivity index (χ0v) is 12.3. The Kier molecular flexibility index (Phi) is 4.19. The highest BCUT2D eigenvalue weighted by Crippen LogP contribution is 2.33. The molecule has 98 valence electrons. The number of aromatic nitrogens is 2. The molecule has 1 unspecified atom stereocenters.